The number of Topliss-reactive ketones (excluding diaryl/α,β-unsaturated/α-hetero) is 1. The molecule has 0 heterocycles. The van der Waals surface area contributed by atoms with Crippen molar-refractivity contribution >= 4 is 5.78 Å². The first-order chi connectivity index (χ1) is 7.58. The molecule has 0 aliphatic carbocycles. The fourth-order valence-electron chi connectivity index (χ4n) is 1.58. The molecule has 0 aliphatic heterocycles. The predicted octanol–water partition coefficient (Wildman–Crippen LogP) is 2.45. The Morgan fingerprint density at radius 3 is 2.88 bits per heavy atom. The summed E-state index contributed by atoms with van der Waals surface area (Å²) in [5.74, 6) is -0.146. The third-order valence-corrected chi connectivity index (χ3v) is 2.41. The van der Waals surface area contributed by atoms with Crippen LogP contribution < -0.4 is 5.73 Å². The van der Waals surface area contributed by atoms with Gasteiger partial charge in [0.25, 0.3) is 0 Å². The van der Waals surface area contributed by atoms with E-state index < -0.39 is 0 Å². The number of ketones is 1. The minimum absolute atomic E-state index is 0.141. The van der Waals surface area contributed by atoms with Gasteiger partial charge in [0.05, 0.1) is 0 Å². The third-order valence-electron chi connectivity index (χ3n) is 2.41. The summed E-state index contributed by atoms with van der Waals surface area (Å²) in [5.41, 5.74) is 6.33. The number of hydrogen-bond acceptors (Lipinski definition) is 2. The predicted molar refractivity (Wildman–Crippen MR) is 62.6 cm³/mol. The van der Waals surface area contributed by atoms with Crippen LogP contribution in [-0.4, -0.2) is 11.8 Å². The van der Waals surface area contributed by atoms with E-state index in [1.807, 2.05) is 6.92 Å². The second-order valence-corrected chi connectivity index (χ2v) is 4.21. The molecule has 0 spiro atoms. The number of halogens is 1. The van der Waals surface area contributed by atoms with Crippen molar-refractivity contribution in [1.82, 2.24) is 0 Å². The van der Waals surface area contributed by atoms with Crippen molar-refractivity contribution in [3.63, 3.8) is 0 Å². The molecular formula is C13H18FNO. The van der Waals surface area contributed by atoms with Gasteiger partial charge in [-0.05, 0) is 37.5 Å². The van der Waals surface area contributed by atoms with Gasteiger partial charge in [-0.1, -0.05) is 12.1 Å². The van der Waals surface area contributed by atoms with Gasteiger partial charge in [-0.2, -0.15) is 0 Å². The monoisotopic (exact) mass is 223 g/mol. The molecule has 0 aromatic heterocycles. The molecule has 0 saturated heterocycles. The van der Waals surface area contributed by atoms with Crippen LogP contribution in [0.15, 0.2) is 24.3 Å². The highest BCUT2D eigenvalue weighted by Crippen LogP contribution is 2.07. The number of nitrogens with two attached hydrogens (primary N) is 1. The number of carbonyl (C=O) groups is 1. The molecule has 16 heavy (non-hydrogen) atoms. The average molecular weight is 223 g/mol. The van der Waals surface area contributed by atoms with Crippen molar-refractivity contribution in [1.29, 1.82) is 0 Å². The lowest BCUT2D eigenvalue weighted by Gasteiger charge is -2.04. The molecule has 0 amide bonds. The summed E-state index contributed by atoms with van der Waals surface area (Å²) < 4.78 is 12.8. The summed E-state index contributed by atoms with van der Waals surface area (Å²) in [7, 11) is 0. The minimum atomic E-state index is -0.291. The Labute approximate surface area is 95.7 Å². The van der Waals surface area contributed by atoms with Crippen LogP contribution in [0.4, 0.5) is 4.39 Å². The normalized spacial score (nSPS) is 12.4. The molecule has 0 aliphatic rings. The zero-order valence-electron chi connectivity index (χ0n) is 9.58. The first kappa shape index (κ1) is 12.8. The Morgan fingerprint density at radius 1 is 1.50 bits per heavy atom. The fraction of sp³-hybridized carbons (Fsp3) is 0.462. The van der Waals surface area contributed by atoms with Crippen LogP contribution in [0.1, 0.15) is 31.7 Å². The third kappa shape index (κ3) is 5.03. The van der Waals surface area contributed by atoms with Crippen molar-refractivity contribution < 1.29 is 9.18 Å². The first-order valence-electron chi connectivity index (χ1n) is 5.59. The van der Waals surface area contributed by atoms with E-state index in [1.54, 1.807) is 12.1 Å². The molecule has 1 aromatic rings. The van der Waals surface area contributed by atoms with Gasteiger partial charge in [-0.3, -0.25) is 4.79 Å². The Balaban J connectivity index is 2.34. The van der Waals surface area contributed by atoms with E-state index in [0.29, 0.717) is 12.8 Å². The molecule has 0 fully saturated rings. The van der Waals surface area contributed by atoms with Gasteiger partial charge in [0.15, 0.2) is 0 Å². The summed E-state index contributed by atoms with van der Waals surface area (Å²) in [5, 5.41) is 0. The highest BCUT2D eigenvalue weighted by atomic mass is 19.1. The van der Waals surface area contributed by atoms with Gasteiger partial charge in [0.1, 0.15) is 11.6 Å². The van der Waals surface area contributed by atoms with E-state index in [9.17, 15) is 9.18 Å². The standard InChI is InChI=1S/C13H18FNO/c1-10(15)4-2-7-13(16)9-11-5-3-6-12(14)8-11/h3,5-6,8,10H,2,4,7,9,15H2,1H3. The van der Waals surface area contributed by atoms with Crippen LogP contribution in [0, 0.1) is 5.82 Å². The molecule has 0 radical (unpaired) electrons. The van der Waals surface area contributed by atoms with E-state index in [4.69, 9.17) is 5.73 Å². The van der Waals surface area contributed by atoms with E-state index in [-0.39, 0.29) is 17.6 Å². The van der Waals surface area contributed by atoms with Gasteiger partial charge < -0.3 is 5.73 Å². The van der Waals surface area contributed by atoms with E-state index in [0.717, 1.165) is 18.4 Å². The van der Waals surface area contributed by atoms with Crippen LogP contribution in [0.3, 0.4) is 0 Å². The van der Waals surface area contributed by atoms with Crippen LogP contribution >= 0.6 is 0 Å². The van der Waals surface area contributed by atoms with Crippen LogP contribution in [0.25, 0.3) is 0 Å². The van der Waals surface area contributed by atoms with Crippen molar-refractivity contribution in [3.05, 3.63) is 35.6 Å². The van der Waals surface area contributed by atoms with Gasteiger partial charge >= 0.3 is 0 Å². The van der Waals surface area contributed by atoms with E-state index in [2.05, 4.69) is 0 Å². The molecule has 1 aromatic carbocycles. The van der Waals surface area contributed by atoms with Gasteiger partial charge in [-0.25, -0.2) is 4.39 Å². The van der Waals surface area contributed by atoms with Gasteiger partial charge in [0, 0.05) is 18.9 Å². The zero-order chi connectivity index (χ0) is 12.0. The lowest BCUT2D eigenvalue weighted by atomic mass is 10.0. The van der Waals surface area contributed by atoms with Crippen molar-refractivity contribution in [2.24, 2.45) is 5.73 Å². The Kier molecular flexibility index (Phi) is 5.12. The second kappa shape index (κ2) is 6.38. The topological polar surface area (TPSA) is 43.1 Å². The van der Waals surface area contributed by atoms with Crippen LogP contribution in [0.2, 0.25) is 0 Å². The quantitative estimate of drug-likeness (QED) is 0.805. The lowest BCUT2D eigenvalue weighted by molar-refractivity contribution is -0.118. The van der Waals surface area contributed by atoms with E-state index >= 15 is 0 Å². The summed E-state index contributed by atoms with van der Waals surface area (Å²) in [6, 6.07) is 6.32. The maximum atomic E-state index is 12.8. The molecular weight excluding hydrogens is 205 g/mol. The van der Waals surface area contributed by atoms with Gasteiger partial charge in [0.2, 0.25) is 0 Å². The first-order valence-corrected chi connectivity index (χ1v) is 5.59. The molecule has 1 atom stereocenters. The fourth-order valence-corrected chi connectivity index (χ4v) is 1.58. The van der Waals surface area contributed by atoms with Crippen molar-refractivity contribution in [2.75, 3.05) is 0 Å². The summed E-state index contributed by atoms with van der Waals surface area (Å²) >= 11 is 0. The molecule has 88 valence electrons. The lowest BCUT2D eigenvalue weighted by Crippen LogP contribution is -2.15. The van der Waals surface area contributed by atoms with Crippen molar-refractivity contribution in [3.8, 4) is 0 Å². The minimum Gasteiger partial charge on any atom is -0.328 e. The average Bonchev–Trinajstić information content (AvgIpc) is 2.16. The zero-order valence-corrected chi connectivity index (χ0v) is 9.58. The SMILES string of the molecule is CC(N)CCCC(=O)Cc1cccc(F)c1. The Morgan fingerprint density at radius 2 is 2.25 bits per heavy atom. The molecule has 0 bridgehead atoms. The summed E-state index contributed by atoms with van der Waals surface area (Å²) in [4.78, 5) is 11.5. The highest BCUT2D eigenvalue weighted by molar-refractivity contribution is 5.80. The molecule has 3 heteroatoms. The molecule has 2 nitrogen and oxygen atoms in total. The largest absolute Gasteiger partial charge is 0.328 e. The number of benzene rings is 1. The number of hydrogen-bond donors (Lipinski definition) is 1. The van der Waals surface area contributed by atoms with Crippen LogP contribution in [-0.2, 0) is 11.2 Å². The molecule has 0 saturated carbocycles. The number of rotatable bonds is 6. The Bertz CT molecular complexity index is 350. The molecule has 1 rings (SSSR count). The summed E-state index contributed by atoms with van der Waals surface area (Å²) in [6.45, 7) is 1.93. The van der Waals surface area contributed by atoms with Crippen LogP contribution in [0.5, 0.6) is 0 Å². The van der Waals surface area contributed by atoms with Crippen molar-refractivity contribution in [2.45, 2.75) is 38.6 Å². The Hall–Kier alpha value is -1.22. The maximum absolute atomic E-state index is 12.8. The number of carbonyl (C=O) groups excluding carboxylic acids is 1. The summed E-state index contributed by atoms with van der Waals surface area (Å²) in [6.07, 6.45) is 2.51. The van der Waals surface area contributed by atoms with E-state index in [1.165, 1.54) is 12.1 Å². The maximum Gasteiger partial charge on any atom is 0.137 e. The highest BCUT2D eigenvalue weighted by Gasteiger charge is 2.05. The second-order valence-electron chi connectivity index (χ2n) is 4.21. The van der Waals surface area contributed by atoms with Gasteiger partial charge in [-0.15, -0.1) is 0 Å². The molecule has 1 unspecified atom stereocenters. The molecule has 2 N–H and O–H groups in total. The smallest absolute Gasteiger partial charge is 0.137 e.